The summed E-state index contributed by atoms with van der Waals surface area (Å²) < 4.78 is 0. The molecule has 0 unspecified atom stereocenters. The molecule has 3 heterocycles. The van der Waals surface area contributed by atoms with Gasteiger partial charge in [0.05, 0.1) is 0 Å². The van der Waals surface area contributed by atoms with E-state index in [1.54, 1.807) is 17.5 Å². The molecule has 3 rings (SSSR count). The van der Waals surface area contributed by atoms with Gasteiger partial charge in [0.15, 0.2) is 0 Å². The molecule has 4 nitrogen and oxygen atoms in total. The molecule has 0 aliphatic carbocycles. The van der Waals surface area contributed by atoms with Crippen molar-refractivity contribution in [2.75, 3.05) is 5.32 Å². The number of anilines is 2. The van der Waals surface area contributed by atoms with Crippen molar-refractivity contribution >= 4 is 23.0 Å². The molecule has 3 aromatic rings. The summed E-state index contributed by atoms with van der Waals surface area (Å²) in [5.74, 6) is 2.05. The highest BCUT2D eigenvalue weighted by molar-refractivity contribution is 7.13. The number of pyridine rings is 2. The first-order chi connectivity index (χ1) is 10.2. The zero-order valence-corrected chi connectivity index (χ0v) is 12.8. The lowest BCUT2D eigenvalue weighted by atomic mass is 10.1. The fraction of sp³-hybridized carbons (Fsp3) is 0.188. The summed E-state index contributed by atoms with van der Waals surface area (Å²) in [6.45, 7) is 4.31. The molecule has 0 radical (unpaired) electrons. The van der Waals surface area contributed by atoms with E-state index in [1.807, 2.05) is 35.8 Å². The standard InChI is InChI=1S/C16H16N4S/c1-11(2)12-6-7-14(18-10-12)20-15-5-3-4-13(19-15)16-17-8-9-21-16/h3-11H,1-2H3,(H,18,19,20). The van der Waals surface area contributed by atoms with Gasteiger partial charge in [-0.3, -0.25) is 0 Å². The van der Waals surface area contributed by atoms with E-state index in [-0.39, 0.29) is 0 Å². The second kappa shape index (κ2) is 6.01. The molecule has 21 heavy (non-hydrogen) atoms. The first kappa shape index (κ1) is 13.7. The van der Waals surface area contributed by atoms with Crippen LogP contribution in [0.2, 0.25) is 0 Å². The molecule has 3 aromatic heterocycles. The van der Waals surface area contributed by atoms with Gasteiger partial charge in [-0.2, -0.15) is 0 Å². The number of hydrogen-bond acceptors (Lipinski definition) is 5. The maximum Gasteiger partial charge on any atom is 0.141 e. The topological polar surface area (TPSA) is 50.7 Å². The molecule has 0 spiro atoms. The maximum atomic E-state index is 4.56. The van der Waals surface area contributed by atoms with Crippen molar-refractivity contribution in [1.82, 2.24) is 15.0 Å². The third-order valence-corrected chi connectivity index (χ3v) is 3.91. The molecule has 1 N–H and O–H groups in total. The van der Waals surface area contributed by atoms with E-state index in [0.29, 0.717) is 5.92 Å². The van der Waals surface area contributed by atoms with Crippen molar-refractivity contribution in [3.05, 3.63) is 53.7 Å². The van der Waals surface area contributed by atoms with Crippen LogP contribution in [-0.2, 0) is 0 Å². The van der Waals surface area contributed by atoms with Crippen LogP contribution in [0, 0.1) is 0 Å². The Morgan fingerprint density at radius 1 is 1.05 bits per heavy atom. The van der Waals surface area contributed by atoms with Crippen molar-refractivity contribution < 1.29 is 0 Å². The zero-order valence-electron chi connectivity index (χ0n) is 11.9. The normalized spacial score (nSPS) is 10.8. The lowest BCUT2D eigenvalue weighted by Crippen LogP contribution is -1.98. The number of thiazole rings is 1. The SMILES string of the molecule is CC(C)c1ccc(Nc2cccc(-c3nccs3)n2)nc1. The summed E-state index contributed by atoms with van der Waals surface area (Å²) in [7, 11) is 0. The Hall–Kier alpha value is -2.27. The Bertz CT molecular complexity index is 705. The molecule has 0 saturated heterocycles. The van der Waals surface area contributed by atoms with E-state index in [0.717, 1.165) is 22.3 Å². The molecule has 0 aliphatic rings. The van der Waals surface area contributed by atoms with Gasteiger partial charge >= 0.3 is 0 Å². The van der Waals surface area contributed by atoms with Gasteiger partial charge in [0.25, 0.3) is 0 Å². The van der Waals surface area contributed by atoms with E-state index in [2.05, 4.69) is 40.2 Å². The molecular formula is C16H16N4S. The van der Waals surface area contributed by atoms with Crippen molar-refractivity contribution in [2.24, 2.45) is 0 Å². The van der Waals surface area contributed by atoms with Crippen LogP contribution < -0.4 is 5.32 Å². The van der Waals surface area contributed by atoms with Crippen molar-refractivity contribution in [3.8, 4) is 10.7 Å². The van der Waals surface area contributed by atoms with Gasteiger partial charge in [-0.25, -0.2) is 15.0 Å². The molecule has 106 valence electrons. The van der Waals surface area contributed by atoms with Crippen molar-refractivity contribution in [2.45, 2.75) is 19.8 Å². The van der Waals surface area contributed by atoms with Crippen molar-refractivity contribution in [3.63, 3.8) is 0 Å². The minimum Gasteiger partial charge on any atom is -0.325 e. The predicted molar refractivity (Wildman–Crippen MR) is 87.0 cm³/mol. The summed E-state index contributed by atoms with van der Waals surface area (Å²) in [5, 5.41) is 6.09. The van der Waals surface area contributed by atoms with Gasteiger partial charge in [0, 0.05) is 17.8 Å². The Labute approximate surface area is 127 Å². The van der Waals surface area contributed by atoms with E-state index in [4.69, 9.17) is 0 Å². The van der Waals surface area contributed by atoms with Gasteiger partial charge in [-0.05, 0) is 29.7 Å². The summed E-state index contributed by atoms with van der Waals surface area (Å²) in [5.41, 5.74) is 2.10. The number of aromatic nitrogens is 3. The van der Waals surface area contributed by atoms with Crippen LogP contribution in [0.15, 0.2) is 48.1 Å². The Morgan fingerprint density at radius 2 is 1.95 bits per heavy atom. The lowest BCUT2D eigenvalue weighted by Gasteiger charge is -2.08. The first-order valence-electron chi connectivity index (χ1n) is 6.82. The summed E-state index contributed by atoms with van der Waals surface area (Å²) in [6.07, 6.45) is 3.69. The molecule has 0 aliphatic heterocycles. The number of rotatable bonds is 4. The van der Waals surface area contributed by atoms with Crippen LogP contribution in [0.4, 0.5) is 11.6 Å². The molecule has 5 heteroatoms. The summed E-state index contributed by atoms with van der Waals surface area (Å²) in [6, 6.07) is 9.92. The second-order valence-corrected chi connectivity index (χ2v) is 5.90. The van der Waals surface area contributed by atoms with Gasteiger partial charge in [0.2, 0.25) is 0 Å². The van der Waals surface area contributed by atoms with E-state index < -0.39 is 0 Å². The summed E-state index contributed by atoms with van der Waals surface area (Å²) in [4.78, 5) is 13.3. The van der Waals surface area contributed by atoms with Gasteiger partial charge in [0.1, 0.15) is 22.3 Å². The molecule has 0 saturated carbocycles. The van der Waals surface area contributed by atoms with Crippen molar-refractivity contribution in [1.29, 1.82) is 0 Å². The Morgan fingerprint density at radius 3 is 2.62 bits per heavy atom. The third-order valence-electron chi connectivity index (χ3n) is 3.11. The average Bonchev–Trinajstić information content (AvgIpc) is 3.02. The Kier molecular flexibility index (Phi) is 3.92. The molecular weight excluding hydrogens is 280 g/mol. The number of hydrogen-bond donors (Lipinski definition) is 1. The predicted octanol–water partition coefficient (Wildman–Crippen LogP) is 4.47. The monoisotopic (exact) mass is 296 g/mol. The van der Waals surface area contributed by atoms with Crippen LogP contribution >= 0.6 is 11.3 Å². The van der Waals surface area contributed by atoms with E-state index in [1.165, 1.54) is 5.56 Å². The van der Waals surface area contributed by atoms with Gasteiger partial charge in [-0.1, -0.05) is 26.0 Å². The summed E-state index contributed by atoms with van der Waals surface area (Å²) >= 11 is 1.58. The largest absolute Gasteiger partial charge is 0.325 e. The number of nitrogens with zero attached hydrogens (tertiary/aromatic N) is 3. The van der Waals surface area contributed by atoms with Crippen LogP contribution in [-0.4, -0.2) is 15.0 Å². The van der Waals surface area contributed by atoms with Crippen LogP contribution in [0.1, 0.15) is 25.3 Å². The smallest absolute Gasteiger partial charge is 0.141 e. The molecule has 0 atom stereocenters. The fourth-order valence-electron chi connectivity index (χ4n) is 1.93. The van der Waals surface area contributed by atoms with Crippen LogP contribution in [0.5, 0.6) is 0 Å². The molecule has 0 amide bonds. The molecule has 0 bridgehead atoms. The quantitative estimate of drug-likeness (QED) is 0.772. The van der Waals surface area contributed by atoms with Gasteiger partial charge in [-0.15, -0.1) is 11.3 Å². The van der Waals surface area contributed by atoms with E-state index in [9.17, 15) is 0 Å². The Balaban J connectivity index is 1.80. The maximum absolute atomic E-state index is 4.56. The third kappa shape index (κ3) is 3.25. The average molecular weight is 296 g/mol. The van der Waals surface area contributed by atoms with E-state index >= 15 is 0 Å². The van der Waals surface area contributed by atoms with Gasteiger partial charge < -0.3 is 5.32 Å². The molecule has 0 fully saturated rings. The highest BCUT2D eigenvalue weighted by Crippen LogP contribution is 2.22. The fourth-order valence-corrected chi connectivity index (χ4v) is 2.53. The first-order valence-corrected chi connectivity index (χ1v) is 7.70. The molecule has 0 aromatic carbocycles. The highest BCUT2D eigenvalue weighted by atomic mass is 32.1. The zero-order chi connectivity index (χ0) is 14.7. The minimum absolute atomic E-state index is 0.484. The lowest BCUT2D eigenvalue weighted by molar-refractivity contribution is 0.859. The second-order valence-electron chi connectivity index (χ2n) is 5.00. The minimum atomic E-state index is 0.484. The highest BCUT2D eigenvalue weighted by Gasteiger charge is 2.05. The van der Waals surface area contributed by atoms with Crippen LogP contribution in [0.25, 0.3) is 10.7 Å². The van der Waals surface area contributed by atoms with Crippen LogP contribution in [0.3, 0.4) is 0 Å². The number of nitrogens with one attached hydrogen (secondary N) is 1.